The lowest BCUT2D eigenvalue weighted by Crippen LogP contribution is -2.28. The summed E-state index contributed by atoms with van der Waals surface area (Å²) in [5.41, 5.74) is 0.465. The predicted octanol–water partition coefficient (Wildman–Crippen LogP) is 2.38. The first-order valence-corrected chi connectivity index (χ1v) is 7.25. The number of nitrogens with zero attached hydrogens (tertiary/aromatic N) is 1. The van der Waals surface area contributed by atoms with E-state index in [1.54, 1.807) is 32.2 Å². The zero-order valence-corrected chi connectivity index (χ0v) is 12.3. The van der Waals surface area contributed by atoms with E-state index in [9.17, 15) is 14.0 Å². The smallest absolute Gasteiger partial charge is 0.304 e. The molecule has 0 bridgehead atoms. The molecule has 0 aromatic heterocycles. The lowest BCUT2D eigenvalue weighted by Gasteiger charge is -2.18. The van der Waals surface area contributed by atoms with Crippen molar-refractivity contribution in [1.29, 1.82) is 0 Å². The summed E-state index contributed by atoms with van der Waals surface area (Å²) in [7, 11) is 1.61. The van der Waals surface area contributed by atoms with Crippen molar-refractivity contribution < 1.29 is 19.1 Å². The fourth-order valence-electron chi connectivity index (χ4n) is 1.60. The van der Waals surface area contributed by atoms with Crippen LogP contribution in [0.5, 0.6) is 0 Å². The summed E-state index contributed by atoms with van der Waals surface area (Å²) in [6, 6.07) is 6.32. The van der Waals surface area contributed by atoms with Crippen LogP contribution in [0.4, 0.5) is 4.39 Å². The second-order valence-electron chi connectivity index (χ2n) is 4.56. The number of carbonyl (C=O) groups is 2. The Morgan fingerprint density at radius 1 is 1.40 bits per heavy atom. The lowest BCUT2D eigenvalue weighted by atomic mass is 10.2. The van der Waals surface area contributed by atoms with Gasteiger partial charge in [0, 0.05) is 24.4 Å². The summed E-state index contributed by atoms with van der Waals surface area (Å²) in [4.78, 5) is 23.8. The third kappa shape index (κ3) is 5.61. The molecular weight excluding hydrogens is 281 g/mol. The van der Waals surface area contributed by atoms with E-state index in [1.165, 1.54) is 22.7 Å². The molecule has 0 heterocycles. The van der Waals surface area contributed by atoms with Crippen molar-refractivity contribution in [2.75, 3.05) is 12.8 Å². The highest BCUT2D eigenvalue weighted by Gasteiger charge is 2.14. The molecule has 6 heteroatoms. The Bertz CT molecular complexity index is 481. The molecule has 1 N–H and O–H groups in total. The first-order chi connectivity index (χ1) is 9.40. The standard InChI is InChI=1S/C14H18FNO3S/c1-10(7-14(18)19)20-9-13(17)16(2)8-11-5-3-4-6-12(11)15/h3-6,10H,7-9H2,1-2H3,(H,18,19). The maximum atomic E-state index is 13.5. The molecule has 0 spiro atoms. The van der Waals surface area contributed by atoms with E-state index in [0.717, 1.165) is 0 Å². The molecule has 0 saturated heterocycles. The highest BCUT2D eigenvalue weighted by molar-refractivity contribution is 8.00. The van der Waals surface area contributed by atoms with Gasteiger partial charge in [0.2, 0.25) is 5.91 Å². The van der Waals surface area contributed by atoms with E-state index in [1.807, 2.05) is 0 Å². The van der Waals surface area contributed by atoms with Crippen LogP contribution in [0.1, 0.15) is 18.9 Å². The Morgan fingerprint density at radius 3 is 2.65 bits per heavy atom. The van der Waals surface area contributed by atoms with Crippen LogP contribution < -0.4 is 0 Å². The highest BCUT2D eigenvalue weighted by Crippen LogP contribution is 2.15. The van der Waals surface area contributed by atoms with Gasteiger partial charge in [-0.1, -0.05) is 25.1 Å². The molecule has 1 amide bonds. The second-order valence-corrected chi connectivity index (χ2v) is 5.99. The molecule has 0 aliphatic rings. The van der Waals surface area contributed by atoms with Gasteiger partial charge in [-0.2, -0.15) is 0 Å². The Kier molecular flexibility index (Phi) is 6.51. The number of carboxylic acid groups (broad SMARTS) is 1. The molecular formula is C14H18FNO3S. The van der Waals surface area contributed by atoms with Gasteiger partial charge in [-0.15, -0.1) is 11.8 Å². The van der Waals surface area contributed by atoms with Crippen molar-refractivity contribution in [2.24, 2.45) is 0 Å². The van der Waals surface area contributed by atoms with Gasteiger partial charge in [-0.25, -0.2) is 4.39 Å². The molecule has 0 aliphatic heterocycles. The molecule has 4 nitrogen and oxygen atoms in total. The summed E-state index contributed by atoms with van der Waals surface area (Å²) < 4.78 is 13.5. The molecule has 1 aromatic rings. The third-order valence-electron chi connectivity index (χ3n) is 2.74. The maximum Gasteiger partial charge on any atom is 0.304 e. The van der Waals surface area contributed by atoms with Crippen molar-refractivity contribution in [2.45, 2.75) is 25.1 Å². The molecule has 1 unspecified atom stereocenters. The minimum Gasteiger partial charge on any atom is -0.481 e. The van der Waals surface area contributed by atoms with Crippen LogP contribution in [0.2, 0.25) is 0 Å². The number of thioether (sulfide) groups is 1. The second kappa shape index (κ2) is 7.89. The Balaban J connectivity index is 2.44. The number of benzene rings is 1. The van der Waals surface area contributed by atoms with Crippen LogP contribution in [-0.2, 0) is 16.1 Å². The molecule has 1 aromatic carbocycles. The van der Waals surface area contributed by atoms with Crippen molar-refractivity contribution in [3.63, 3.8) is 0 Å². The molecule has 0 radical (unpaired) electrons. The molecule has 0 saturated carbocycles. The molecule has 0 aliphatic carbocycles. The van der Waals surface area contributed by atoms with Crippen LogP contribution in [0.25, 0.3) is 0 Å². The molecule has 1 atom stereocenters. The van der Waals surface area contributed by atoms with Gasteiger partial charge in [-0.3, -0.25) is 9.59 Å². The van der Waals surface area contributed by atoms with E-state index in [4.69, 9.17) is 5.11 Å². The summed E-state index contributed by atoms with van der Waals surface area (Å²) >= 11 is 1.29. The van der Waals surface area contributed by atoms with Gasteiger partial charge >= 0.3 is 5.97 Å². The van der Waals surface area contributed by atoms with Gasteiger partial charge < -0.3 is 10.0 Å². The van der Waals surface area contributed by atoms with E-state index in [0.29, 0.717) is 5.56 Å². The number of hydrogen-bond donors (Lipinski definition) is 1. The van der Waals surface area contributed by atoms with Crippen LogP contribution in [0, 0.1) is 5.82 Å². The third-order valence-corrected chi connectivity index (χ3v) is 3.89. The van der Waals surface area contributed by atoms with E-state index >= 15 is 0 Å². The summed E-state index contributed by atoms with van der Waals surface area (Å²) in [6.07, 6.45) is 0.0228. The highest BCUT2D eigenvalue weighted by atomic mass is 32.2. The van der Waals surface area contributed by atoms with Crippen molar-refractivity contribution >= 4 is 23.6 Å². The summed E-state index contributed by atoms with van der Waals surface area (Å²) in [5.74, 6) is -1.16. The topological polar surface area (TPSA) is 57.6 Å². The van der Waals surface area contributed by atoms with E-state index < -0.39 is 5.97 Å². The number of carbonyl (C=O) groups excluding carboxylic acids is 1. The molecule has 110 valence electrons. The first kappa shape index (κ1) is 16.5. The fraction of sp³-hybridized carbons (Fsp3) is 0.429. The molecule has 20 heavy (non-hydrogen) atoms. The fourth-order valence-corrected chi connectivity index (χ4v) is 2.51. The molecule has 1 rings (SSSR count). The lowest BCUT2D eigenvalue weighted by molar-refractivity contribution is -0.137. The SMILES string of the molecule is CC(CC(=O)O)SCC(=O)N(C)Cc1ccccc1F. The minimum absolute atomic E-state index is 0.0228. The minimum atomic E-state index is -0.878. The average molecular weight is 299 g/mol. The first-order valence-electron chi connectivity index (χ1n) is 6.21. The van der Waals surface area contributed by atoms with Gasteiger partial charge in [0.25, 0.3) is 0 Å². The number of aliphatic carboxylic acids is 1. The van der Waals surface area contributed by atoms with Gasteiger partial charge in [0.05, 0.1) is 12.2 Å². The Hall–Kier alpha value is -1.56. The van der Waals surface area contributed by atoms with Gasteiger partial charge in [0.1, 0.15) is 5.82 Å². The maximum absolute atomic E-state index is 13.5. The zero-order valence-electron chi connectivity index (χ0n) is 11.5. The number of halogens is 1. The largest absolute Gasteiger partial charge is 0.481 e. The average Bonchev–Trinajstić information content (AvgIpc) is 2.37. The Labute approximate surface area is 122 Å². The normalized spacial score (nSPS) is 11.9. The van der Waals surface area contributed by atoms with Gasteiger partial charge in [0.15, 0.2) is 0 Å². The predicted molar refractivity (Wildman–Crippen MR) is 77.0 cm³/mol. The van der Waals surface area contributed by atoms with Crippen molar-refractivity contribution in [3.05, 3.63) is 35.6 Å². The summed E-state index contributed by atoms with van der Waals surface area (Å²) in [5, 5.41) is 8.51. The van der Waals surface area contributed by atoms with E-state index in [-0.39, 0.29) is 35.7 Å². The number of carboxylic acids is 1. The summed E-state index contributed by atoms with van der Waals surface area (Å²) in [6.45, 7) is 1.97. The van der Waals surface area contributed by atoms with Crippen LogP contribution in [-0.4, -0.2) is 39.9 Å². The van der Waals surface area contributed by atoms with Crippen LogP contribution in [0.15, 0.2) is 24.3 Å². The monoisotopic (exact) mass is 299 g/mol. The van der Waals surface area contributed by atoms with Crippen LogP contribution in [0.3, 0.4) is 0 Å². The van der Waals surface area contributed by atoms with Crippen molar-refractivity contribution in [1.82, 2.24) is 4.90 Å². The quantitative estimate of drug-likeness (QED) is 0.840. The number of rotatable bonds is 7. The van der Waals surface area contributed by atoms with E-state index in [2.05, 4.69) is 0 Å². The van der Waals surface area contributed by atoms with Crippen molar-refractivity contribution in [3.8, 4) is 0 Å². The van der Waals surface area contributed by atoms with Crippen LogP contribution >= 0.6 is 11.8 Å². The molecule has 0 fully saturated rings. The zero-order chi connectivity index (χ0) is 15.1. The number of hydrogen-bond acceptors (Lipinski definition) is 3. The van der Waals surface area contributed by atoms with Gasteiger partial charge in [-0.05, 0) is 6.07 Å². The number of amides is 1. The Morgan fingerprint density at radius 2 is 2.05 bits per heavy atom.